The first-order valence-electron chi connectivity index (χ1n) is 4.10. The van der Waals surface area contributed by atoms with Crippen LogP contribution in [0.25, 0.3) is 0 Å². The highest BCUT2D eigenvalue weighted by Gasteiger charge is 2.01. The summed E-state index contributed by atoms with van der Waals surface area (Å²) in [6.07, 6.45) is 0.920. The van der Waals surface area contributed by atoms with E-state index in [0.29, 0.717) is 0 Å². The molecule has 0 radical (unpaired) electrons. The van der Waals surface area contributed by atoms with Gasteiger partial charge in [-0.3, -0.25) is 0 Å². The first-order valence-corrected chi connectivity index (χ1v) is 4.48. The van der Waals surface area contributed by atoms with Gasteiger partial charge in [0.15, 0.2) is 0 Å². The minimum Gasteiger partial charge on any atom is -0.328 e. The second-order valence-electron chi connectivity index (χ2n) is 3.25. The molecule has 2 N–H and O–H groups in total. The number of aryl methyl sites for hydroxylation is 1. The molecular weight excluding hydrogens is 170 g/mol. The number of halogens is 1. The van der Waals surface area contributed by atoms with Gasteiger partial charge in [0.25, 0.3) is 0 Å². The molecule has 1 atom stereocenters. The molecule has 1 nitrogen and oxygen atoms in total. The second-order valence-corrected chi connectivity index (χ2v) is 3.69. The van der Waals surface area contributed by atoms with Crippen molar-refractivity contribution >= 4 is 11.6 Å². The highest BCUT2D eigenvalue weighted by Crippen LogP contribution is 2.15. The van der Waals surface area contributed by atoms with Gasteiger partial charge >= 0.3 is 0 Å². The van der Waals surface area contributed by atoms with Crippen LogP contribution in [0.15, 0.2) is 18.2 Å². The van der Waals surface area contributed by atoms with Gasteiger partial charge in [0.2, 0.25) is 0 Å². The molecule has 66 valence electrons. The molecule has 0 amide bonds. The summed E-state index contributed by atoms with van der Waals surface area (Å²) >= 11 is 5.82. The summed E-state index contributed by atoms with van der Waals surface area (Å²) in [7, 11) is 0. The summed E-state index contributed by atoms with van der Waals surface area (Å²) < 4.78 is 0. The van der Waals surface area contributed by atoms with Gasteiger partial charge in [-0.15, -0.1) is 0 Å². The Kier molecular flexibility index (Phi) is 3.12. The number of rotatable bonds is 2. The van der Waals surface area contributed by atoms with Crippen molar-refractivity contribution in [3.63, 3.8) is 0 Å². The van der Waals surface area contributed by atoms with Gasteiger partial charge in [-0.25, -0.2) is 0 Å². The van der Waals surface area contributed by atoms with Crippen LogP contribution in [0.1, 0.15) is 18.1 Å². The number of hydrogen-bond acceptors (Lipinski definition) is 1. The van der Waals surface area contributed by atoms with E-state index in [9.17, 15) is 0 Å². The summed E-state index contributed by atoms with van der Waals surface area (Å²) in [4.78, 5) is 0. The first kappa shape index (κ1) is 9.56. The smallest absolute Gasteiger partial charge is 0.0408 e. The third-order valence-corrected chi connectivity index (χ3v) is 2.08. The van der Waals surface area contributed by atoms with Crippen LogP contribution in [0, 0.1) is 6.92 Å². The molecule has 1 aromatic rings. The lowest BCUT2D eigenvalue weighted by atomic mass is 10.0. The quantitative estimate of drug-likeness (QED) is 0.750. The van der Waals surface area contributed by atoms with Crippen molar-refractivity contribution < 1.29 is 0 Å². The van der Waals surface area contributed by atoms with E-state index in [1.165, 1.54) is 11.1 Å². The monoisotopic (exact) mass is 183 g/mol. The van der Waals surface area contributed by atoms with Crippen molar-refractivity contribution in [1.29, 1.82) is 0 Å². The van der Waals surface area contributed by atoms with E-state index < -0.39 is 0 Å². The maximum absolute atomic E-state index is 5.82. The Morgan fingerprint density at radius 2 is 2.17 bits per heavy atom. The van der Waals surface area contributed by atoms with Crippen LogP contribution in [-0.2, 0) is 6.42 Å². The standard InChI is InChI=1S/C10H14ClN/c1-7-5-10(11)4-3-9(7)6-8(2)12/h3-5,8H,6,12H2,1-2H3/t8-/m1/s1. The molecule has 0 aliphatic carbocycles. The van der Waals surface area contributed by atoms with Crippen molar-refractivity contribution in [1.82, 2.24) is 0 Å². The Morgan fingerprint density at radius 1 is 1.50 bits per heavy atom. The van der Waals surface area contributed by atoms with Gasteiger partial charge in [0.05, 0.1) is 0 Å². The molecule has 0 aliphatic rings. The fourth-order valence-corrected chi connectivity index (χ4v) is 1.46. The Morgan fingerprint density at radius 3 is 2.67 bits per heavy atom. The molecule has 0 saturated heterocycles. The van der Waals surface area contributed by atoms with Crippen LogP contribution in [0.4, 0.5) is 0 Å². The van der Waals surface area contributed by atoms with Crippen LogP contribution < -0.4 is 5.73 Å². The second kappa shape index (κ2) is 3.92. The third-order valence-electron chi connectivity index (χ3n) is 1.85. The van der Waals surface area contributed by atoms with Crippen molar-refractivity contribution in [2.75, 3.05) is 0 Å². The van der Waals surface area contributed by atoms with Gasteiger partial charge in [-0.2, -0.15) is 0 Å². The normalized spacial score (nSPS) is 13.0. The third kappa shape index (κ3) is 2.50. The number of nitrogens with two attached hydrogens (primary N) is 1. The predicted octanol–water partition coefficient (Wildman–Crippen LogP) is 2.54. The fraction of sp³-hybridized carbons (Fsp3) is 0.400. The lowest BCUT2D eigenvalue weighted by molar-refractivity contribution is 0.735. The molecule has 1 aromatic carbocycles. The molecule has 1 rings (SSSR count). The van der Waals surface area contributed by atoms with E-state index in [-0.39, 0.29) is 6.04 Å². The van der Waals surface area contributed by atoms with Gasteiger partial charge < -0.3 is 5.73 Å². The molecule has 12 heavy (non-hydrogen) atoms. The average Bonchev–Trinajstić information content (AvgIpc) is 1.94. The molecule has 0 spiro atoms. The SMILES string of the molecule is Cc1cc(Cl)ccc1C[C@@H](C)N. The van der Waals surface area contributed by atoms with Crippen molar-refractivity contribution in [3.8, 4) is 0 Å². The van der Waals surface area contributed by atoms with E-state index in [1.807, 2.05) is 25.1 Å². The molecule has 0 aliphatic heterocycles. The Bertz CT molecular complexity index is 269. The summed E-state index contributed by atoms with van der Waals surface area (Å²) in [5, 5.41) is 0.793. The predicted molar refractivity (Wildman–Crippen MR) is 53.5 cm³/mol. The minimum absolute atomic E-state index is 0.213. The van der Waals surface area contributed by atoms with Crippen molar-refractivity contribution in [2.45, 2.75) is 26.3 Å². The van der Waals surface area contributed by atoms with E-state index in [4.69, 9.17) is 17.3 Å². The van der Waals surface area contributed by atoms with Crippen LogP contribution in [-0.4, -0.2) is 6.04 Å². The van der Waals surface area contributed by atoms with Crippen LogP contribution in [0.2, 0.25) is 5.02 Å². The van der Waals surface area contributed by atoms with Gasteiger partial charge in [0.1, 0.15) is 0 Å². The van der Waals surface area contributed by atoms with E-state index in [0.717, 1.165) is 11.4 Å². The summed E-state index contributed by atoms with van der Waals surface area (Å²) in [5.41, 5.74) is 8.21. The number of benzene rings is 1. The van der Waals surface area contributed by atoms with Crippen LogP contribution in [0.5, 0.6) is 0 Å². The molecular formula is C10H14ClN. The largest absolute Gasteiger partial charge is 0.328 e. The van der Waals surface area contributed by atoms with Gasteiger partial charge in [0, 0.05) is 11.1 Å². The zero-order chi connectivity index (χ0) is 9.14. The first-order chi connectivity index (χ1) is 5.59. The molecule has 2 heteroatoms. The fourth-order valence-electron chi connectivity index (χ4n) is 1.24. The van der Waals surface area contributed by atoms with Crippen molar-refractivity contribution in [3.05, 3.63) is 34.3 Å². The molecule has 0 saturated carbocycles. The van der Waals surface area contributed by atoms with E-state index >= 15 is 0 Å². The Labute approximate surface area is 78.5 Å². The topological polar surface area (TPSA) is 26.0 Å². The molecule has 0 bridgehead atoms. The lowest BCUT2D eigenvalue weighted by Gasteiger charge is -2.08. The van der Waals surface area contributed by atoms with E-state index in [2.05, 4.69) is 6.92 Å². The average molecular weight is 184 g/mol. The van der Waals surface area contributed by atoms with Crippen molar-refractivity contribution in [2.24, 2.45) is 5.73 Å². The Hall–Kier alpha value is -0.530. The Balaban J connectivity index is 2.86. The minimum atomic E-state index is 0.213. The maximum Gasteiger partial charge on any atom is 0.0408 e. The van der Waals surface area contributed by atoms with E-state index in [1.54, 1.807) is 0 Å². The van der Waals surface area contributed by atoms with Gasteiger partial charge in [-0.1, -0.05) is 17.7 Å². The van der Waals surface area contributed by atoms with Gasteiger partial charge in [-0.05, 0) is 43.5 Å². The molecule has 0 fully saturated rings. The maximum atomic E-state index is 5.82. The van der Waals surface area contributed by atoms with Crippen LogP contribution in [0.3, 0.4) is 0 Å². The number of hydrogen-bond donors (Lipinski definition) is 1. The lowest BCUT2D eigenvalue weighted by Crippen LogP contribution is -2.18. The van der Waals surface area contributed by atoms with Crippen LogP contribution >= 0.6 is 11.6 Å². The summed E-state index contributed by atoms with van der Waals surface area (Å²) in [5.74, 6) is 0. The zero-order valence-electron chi connectivity index (χ0n) is 7.47. The molecule has 0 heterocycles. The highest BCUT2D eigenvalue weighted by atomic mass is 35.5. The molecule has 0 aromatic heterocycles. The summed E-state index contributed by atoms with van der Waals surface area (Å²) in [6, 6.07) is 6.14. The summed E-state index contributed by atoms with van der Waals surface area (Å²) in [6.45, 7) is 4.07. The molecule has 0 unspecified atom stereocenters. The highest BCUT2D eigenvalue weighted by molar-refractivity contribution is 6.30. The zero-order valence-corrected chi connectivity index (χ0v) is 8.23.